The average Bonchev–Trinajstić information content (AvgIpc) is 2.39. The molecule has 18 heavy (non-hydrogen) atoms. The highest BCUT2D eigenvalue weighted by atomic mass is 35.5. The van der Waals surface area contributed by atoms with E-state index < -0.39 is 0 Å². The lowest BCUT2D eigenvalue weighted by Gasteiger charge is -2.36. The Kier molecular flexibility index (Phi) is 6.26. The van der Waals surface area contributed by atoms with Crippen LogP contribution in [0.25, 0.3) is 0 Å². The van der Waals surface area contributed by atoms with Crippen molar-refractivity contribution in [3.05, 3.63) is 0 Å². The van der Waals surface area contributed by atoms with E-state index in [4.69, 9.17) is 11.6 Å². The molecular weight excluding hydrogens is 244 g/mol. The molecule has 2 aliphatic rings. The van der Waals surface area contributed by atoms with Crippen molar-refractivity contribution in [1.82, 2.24) is 9.80 Å². The SMILES string of the molecule is CN1CCCCC1CCN1CCCC(CCCl)C1. The first-order valence-corrected chi connectivity index (χ1v) is 8.31. The van der Waals surface area contributed by atoms with Gasteiger partial charge < -0.3 is 9.80 Å². The first kappa shape index (κ1) is 14.6. The molecule has 0 radical (unpaired) electrons. The van der Waals surface area contributed by atoms with Gasteiger partial charge in [0.15, 0.2) is 0 Å². The normalized spacial score (nSPS) is 31.7. The number of alkyl halides is 1. The number of likely N-dealkylation sites (tertiary alicyclic amines) is 2. The van der Waals surface area contributed by atoms with Gasteiger partial charge in [0.2, 0.25) is 0 Å². The molecule has 2 saturated heterocycles. The molecule has 0 aromatic heterocycles. The van der Waals surface area contributed by atoms with Gasteiger partial charge in [0, 0.05) is 18.5 Å². The summed E-state index contributed by atoms with van der Waals surface area (Å²) in [6.07, 6.45) is 9.59. The van der Waals surface area contributed by atoms with Gasteiger partial charge in [-0.2, -0.15) is 0 Å². The van der Waals surface area contributed by atoms with Crippen LogP contribution >= 0.6 is 11.6 Å². The van der Waals surface area contributed by atoms with Crippen LogP contribution in [0, 0.1) is 5.92 Å². The Hall–Kier alpha value is 0.210. The van der Waals surface area contributed by atoms with Gasteiger partial charge in [0.05, 0.1) is 0 Å². The number of piperidine rings is 2. The second-order valence-corrected chi connectivity index (χ2v) is 6.58. The van der Waals surface area contributed by atoms with Crippen LogP contribution < -0.4 is 0 Å². The Morgan fingerprint density at radius 3 is 2.72 bits per heavy atom. The Labute approximate surface area is 118 Å². The highest BCUT2D eigenvalue weighted by Crippen LogP contribution is 2.22. The lowest BCUT2D eigenvalue weighted by atomic mass is 9.94. The number of nitrogens with zero attached hydrogens (tertiary/aromatic N) is 2. The molecule has 2 heterocycles. The predicted molar refractivity (Wildman–Crippen MR) is 79.4 cm³/mol. The maximum Gasteiger partial charge on any atom is 0.0226 e. The fourth-order valence-corrected chi connectivity index (χ4v) is 3.89. The van der Waals surface area contributed by atoms with Gasteiger partial charge in [-0.1, -0.05) is 6.42 Å². The predicted octanol–water partition coefficient (Wildman–Crippen LogP) is 3.20. The van der Waals surface area contributed by atoms with E-state index in [-0.39, 0.29) is 0 Å². The standard InChI is InChI=1S/C15H29ClN2/c1-17-10-3-2-6-15(17)8-12-18-11-4-5-14(13-18)7-9-16/h14-15H,2-13H2,1H3. The van der Waals surface area contributed by atoms with Crippen LogP contribution in [0.4, 0.5) is 0 Å². The maximum atomic E-state index is 5.88. The molecule has 0 spiro atoms. The Morgan fingerprint density at radius 2 is 1.94 bits per heavy atom. The number of halogens is 1. The first-order valence-electron chi connectivity index (χ1n) is 7.78. The van der Waals surface area contributed by atoms with Crippen LogP contribution in [-0.4, -0.2) is 54.9 Å². The van der Waals surface area contributed by atoms with E-state index >= 15 is 0 Å². The van der Waals surface area contributed by atoms with E-state index in [2.05, 4.69) is 16.8 Å². The molecule has 0 N–H and O–H groups in total. The van der Waals surface area contributed by atoms with Gasteiger partial charge in [0.1, 0.15) is 0 Å². The third-order valence-electron chi connectivity index (χ3n) is 4.82. The van der Waals surface area contributed by atoms with Gasteiger partial charge in [-0.25, -0.2) is 0 Å². The molecule has 0 aromatic rings. The van der Waals surface area contributed by atoms with Gasteiger partial charge in [-0.15, -0.1) is 11.6 Å². The topological polar surface area (TPSA) is 6.48 Å². The van der Waals surface area contributed by atoms with Crippen molar-refractivity contribution < 1.29 is 0 Å². The van der Waals surface area contributed by atoms with Crippen LogP contribution in [0.1, 0.15) is 44.9 Å². The van der Waals surface area contributed by atoms with Crippen LogP contribution in [0.3, 0.4) is 0 Å². The van der Waals surface area contributed by atoms with Crippen LogP contribution in [-0.2, 0) is 0 Å². The van der Waals surface area contributed by atoms with Crippen molar-refractivity contribution >= 4 is 11.6 Å². The molecule has 2 atom stereocenters. The largest absolute Gasteiger partial charge is 0.303 e. The van der Waals surface area contributed by atoms with Crippen LogP contribution in [0.5, 0.6) is 0 Å². The van der Waals surface area contributed by atoms with Crippen LogP contribution in [0.15, 0.2) is 0 Å². The van der Waals surface area contributed by atoms with Crippen molar-refractivity contribution in [2.45, 2.75) is 51.0 Å². The van der Waals surface area contributed by atoms with Crippen molar-refractivity contribution in [2.75, 3.05) is 39.1 Å². The Balaban J connectivity index is 1.69. The summed E-state index contributed by atoms with van der Waals surface area (Å²) in [6.45, 7) is 5.21. The van der Waals surface area contributed by atoms with Crippen molar-refractivity contribution in [1.29, 1.82) is 0 Å². The first-order chi connectivity index (χ1) is 8.79. The summed E-state index contributed by atoms with van der Waals surface area (Å²) in [5, 5.41) is 0. The second kappa shape index (κ2) is 7.72. The fourth-order valence-electron chi connectivity index (χ4n) is 3.58. The molecule has 2 rings (SSSR count). The number of hydrogen-bond donors (Lipinski definition) is 0. The zero-order chi connectivity index (χ0) is 12.8. The van der Waals surface area contributed by atoms with E-state index in [1.807, 2.05) is 0 Å². The summed E-state index contributed by atoms with van der Waals surface area (Å²) in [5.74, 6) is 1.70. The van der Waals surface area contributed by atoms with Crippen LogP contribution in [0.2, 0.25) is 0 Å². The fraction of sp³-hybridized carbons (Fsp3) is 1.00. The summed E-state index contributed by atoms with van der Waals surface area (Å²) in [5.41, 5.74) is 0. The smallest absolute Gasteiger partial charge is 0.0226 e. The lowest BCUT2D eigenvalue weighted by Crippen LogP contribution is -2.41. The van der Waals surface area contributed by atoms with Gasteiger partial charge in [0.25, 0.3) is 0 Å². The molecule has 0 aliphatic carbocycles. The van der Waals surface area contributed by atoms with Gasteiger partial charge >= 0.3 is 0 Å². The third kappa shape index (κ3) is 4.40. The average molecular weight is 273 g/mol. The second-order valence-electron chi connectivity index (χ2n) is 6.21. The van der Waals surface area contributed by atoms with Gasteiger partial charge in [-0.05, 0) is 71.1 Å². The molecule has 0 saturated carbocycles. The summed E-state index contributed by atoms with van der Waals surface area (Å²) >= 11 is 5.88. The van der Waals surface area contributed by atoms with E-state index in [9.17, 15) is 0 Å². The highest BCUT2D eigenvalue weighted by molar-refractivity contribution is 6.17. The summed E-state index contributed by atoms with van der Waals surface area (Å²) in [4.78, 5) is 5.26. The molecule has 0 bridgehead atoms. The molecule has 2 aliphatic heterocycles. The number of hydrogen-bond acceptors (Lipinski definition) is 2. The summed E-state index contributed by atoms with van der Waals surface area (Å²) < 4.78 is 0. The molecular formula is C15H29ClN2. The Bertz CT molecular complexity index is 233. The molecule has 3 heteroatoms. The molecule has 2 fully saturated rings. The minimum Gasteiger partial charge on any atom is -0.303 e. The molecule has 0 amide bonds. The van der Waals surface area contributed by atoms with E-state index in [0.29, 0.717) is 0 Å². The zero-order valence-corrected chi connectivity index (χ0v) is 12.7. The Morgan fingerprint density at radius 1 is 1.06 bits per heavy atom. The lowest BCUT2D eigenvalue weighted by molar-refractivity contribution is 0.128. The molecule has 2 unspecified atom stereocenters. The number of rotatable bonds is 5. The maximum absolute atomic E-state index is 5.88. The van der Waals surface area contributed by atoms with E-state index in [1.165, 1.54) is 71.1 Å². The molecule has 106 valence electrons. The van der Waals surface area contributed by atoms with Crippen molar-refractivity contribution in [3.8, 4) is 0 Å². The zero-order valence-electron chi connectivity index (χ0n) is 11.9. The minimum atomic E-state index is 0.837. The summed E-state index contributed by atoms with van der Waals surface area (Å²) in [7, 11) is 2.30. The van der Waals surface area contributed by atoms with E-state index in [0.717, 1.165) is 17.8 Å². The summed E-state index contributed by atoms with van der Waals surface area (Å²) in [6, 6.07) is 0.840. The third-order valence-corrected chi connectivity index (χ3v) is 5.04. The van der Waals surface area contributed by atoms with Crippen molar-refractivity contribution in [2.24, 2.45) is 5.92 Å². The quantitative estimate of drug-likeness (QED) is 0.709. The van der Waals surface area contributed by atoms with E-state index in [1.54, 1.807) is 0 Å². The monoisotopic (exact) mass is 272 g/mol. The molecule has 0 aromatic carbocycles. The molecule has 2 nitrogen and oxygen atoms in total. The minimum absolute atomic E-state index is 0.837. The van der Waals surface area contributed by atoms with Crippen molar-refractivity contribution in [3.63, 3.8) is 0 Å². The highest BCUT2D eigenvalue weighted by Gasteiger charge is 2.22. The van der Waals surface area contributed by atoms with Gasteiger partial charge in [-0.3, -0.25) is 0 Å².